The van der Waals surface area contributed by atoms with Crippen LogP contribution in [0.25, 0.3) is 10.6 Å². The van der Waals surface area contributed by atoms with Gasteiger partial charge in [0.2, 0.25) is 0 Å². The number of halogens is 3. The van der Waals surface area contributed by atoms with Gasteiger partial charge in [-0.3, -0.25) is 14.7 Å². The lowest BCUT2D eigenvalue weighted by Gasteiger charge is -2.36. The number of hydrogen-bond donors (Lipinski definition) is 0. The Labute approximate surface area is 262 Å². The number of thiazole rings is 1. The molecule has 0 N–H and O–H groups in total. The first-order chi connectivity index (χ1) is 21.1. The molecule has 3 aromatic carbocycles. The van der Waals surface area contributed by atoms with Gasteiger partial charge in [0, 0.05) is 66.4 Å². The van der Waals surface area contributed by atoms with Crippen LogP contribution in [0.2, 0.25) is 0 Å². The smallest absolute Gasteiger partial charge is 0.416 e. The predicted octanol–water partition coefficient (Wildman–Crippen LogP) is 7.62. The molecule has 5 rings (SSSR count). The highest BCUT2D eigenvalue weighted by Gasteiger charge is 2.30. The number of nitrogens with zero attached hydrogens (tertiary/aromatic N) is 3. The highest BCUT2D eigenvalue weighted by Crippen LogP contribution is 2.36. The number of carbonyl (C=O) groups excluding carboxylic acids is 1. The Morgan fingerprint density at radius 3 is 2.32 bits per heavy atom. The Morgan fingerprint density at radius 1 is 1.00 bits per heavy atom. The number of piperazine rings is 1. The zero-order valence-electron chi connectivity index (χ0n) is 24.5. The first kappa shape index (κ1) is 31.7. The van der Waals surface area contributed by atoms with Gasteiger partial charge in [-0.1, -0.05) is 12.1 Å². The second-order valence-electron chi connectivity index (χ2n) is 10.3. The third kappa shape index (κ3) is 8.04. The normalized spacial score (nSPS) is 14.0. The highest BCUT2D eigenvalue weighted by atomic mass is 32.2. The van der Waals surface area contributed by atoms with Crippen molar-refractivity contribution in [3.8, 4) is 22.1 Å². The first-order valence-corrected chi connectivity index (χ1v) is 15.8. The molecule has 1 fully saturated rings. The lowest BCUT2D eigenvalue weighted by atomic mass is 10.1. The number of anilines is 1. The van der Waals surface area contributed by atoms with Gasteiger partial charge in [-0.15, -0.1) is 23.1 Å². The molecule has 0 atom stereocenters. The molecule has 7 nitrogen and oxygen atoms in total. The van der Waals surface area contributed by atoms with Gasteiger partial charge in [0.1, 0.15) is 10.8 Å². The summed E-state index contributed by atoms with van der Waals surface area (Å²) in [6.45, 7) is 7.24. The molecule has 0 saturated carbocycles. The molecule has 1 aromatic heterocycles. The van der Waals surface area contributed by atoms with Gasteiger partial charge in [-0.25, -0.2) is 9.78 Å². The molecule has 4 aromatic rings. The summed E-state index contributed by atoms with van der Waals surface area (Å²) in [5.74, 6) is 1.39. The quantitative estimate of drug-likeness (QED) is 0.0994. The van der Waals surface area contributed by atoms with Gasteiger partial charge in [0.15, 0.2) is 5.75 Å². The molecule has 0 unspecified atom stereocenters. The number of benzene rings is 3. The maximum Gasteiger partial charge on any atom is 0.416 e. The molecule has 0 radical (unpaired) electrons. The van der Waals surface area contributed by atoms with Crippen molar-refractivity contribution in [3.63, 3.8) is 0 Å². The van der Waals surface area contributed by atoms with Gasteiger partial charge in [-0.2, -0.15) is 13.2 Å². The Hall–Kier alpha value is -3.74. The minimum atomic E-state index is -4.39. The van der Waals surface area contributed by atoms with Crippen LogP contribution in [0, 0.1) is 6.92 Å². The van der Waals surface area contributed by atoms with Crippen molar-refractivity contribution in [2.75, 3.05) is 38.2 Å². The largest absolute Gasteiger partial charge is 0.497 e. The fraction of sp³-hybridized carbons (Fsp3) is 0.312. The average Bonchev–Trinajstić information content (AvgIpc) is 3.42. The molecule has 0 spiro atoms. The van der Waals surface area contributed by atoms with E-state index in [-0.39, 0.29) is 0 Å². The minimum Gasteiger partial charge on any atom is -0.497 e. The second kappa shape index (κ2) is 13.9. The molecule has 1 aliphatic rings. The van der Waals surface area contributed by atoms with Crippen LogP contribution in [0.4, 0.5) is 18.9 Å². The predicted molar refractivity (Wildman–Crippen MR) is 166 cm³/mol. The van der Waals surface area contributed by atoms with Crippen molar-refractivity contribution in [1.82, 2.24) is 9.88 Å². The van der Waals surface area contributed by atoms with Crippen molar-refractivity contribution >= 4 is 34.8 Å². The molecule has 0 aliphatic carbocycles. The van der Waals surface area contributed by atoms with Crippen molar-refractivity contribution in [1.29, 1.82) is 0 Å². The molecular formula is C32H32F3N3O4S2. The minimum absolute atomic E-state index is 0.460. The van der Waals surface area contributed by atoms with E-state index in [0.717, 1.165) is 70.8 Å². The molecule has 2 heterocycles. The third-order valence-corrected chi connectivity index (χ3v) is 9.54. The van der Waals surface area contributed by atoms with Crippen molar-refractivity contribution in [2.24, 2.45) is 0 Å². The second-order valence-corrected chi connectivity index (χ2v) is 12.4. The fourth-order valence-corrected chi connectivity index (χ4v) is 6.94. The number of thioether (sulfide) groups is 1. The maximum absolute atomic E-state index is 13.2. The standard InChI is InChI=1S/C32H32F3N3O4S2/c1-21-18-27(12-13-29(21)42-41-22(2)39)43-20-30-28(36-31(44-30)23-4-6-24(7-5-23)32(33,34)35)19-37-14-16-38(17-15-37)25-8-10-26(40-3)11-9-25/h4-13,18H,14-17,19-20H2,1-3H3. The zero-order valence-corrected chi connectivity index (χ0v) is 26.2. The lowest BCUT2D eigenvalue weighted by molar-refractivity contribution is -0.211. The summed E-state index contributed by atoms with van der Waals surface area (Å²) >= 11 is 3.14. The number of carbonyl (C=O) groups is 1. The van der Waals surface area contributed by atoms with Gasteiger partial charge in [0.25, 0.3) is 0 Å². The molecule has 12 heteroatoms. The molecule has 0 bridgehead atoms. The average molecular weight is 644 g/mol. The van der Waals surface area contributed by atoms with Gasteiger partial charge in [-0.05, 0) is 67.1 Å². The fourth-order valence-electron chi connectivity index (χ4n) is 4.77. The molecule has 1 saturated heterocycles. The van der Waals surface area contributed by atoms with Crippen LogP contribution < -0.4 is 14.5 Å². The number of rotatable bonds is 10. The van der Waals surface area contributed by atoms with E-state index in [1.165, 1.54) is 30.4 Å². The van der Waals surface area contributed by atoms with Crippen LogP contribution >= 0.6 is 23.1 Å². The monoisotopic (exact) mass is 643 g/mol. The lowest BCUT2D eigenvalue weighted by Crippen LogP contribution is -2.46. The van der Waals surface area contributed by atoms with E-state index in [2.05, 4.69) is 26.8 Å². The number of hydrogen-bond acceptors (Lipinski definition) is 9. The van der Waals surface area contributed by atoms with E-state index in [4.69, 9.17) is 14.6 Å². The summed E-state index contributed by atoms with van der Waals surface area (Å²) in [5, 5.41) is 0.697. The third-order valence-electron chi connectivity index (χ3n) is 7.19. The Bertz CT molecular complexity index is 1570. The highest BCUT2D eigenvalue weighted by molar-refractivity contribution is 7.98. The SMILES string of the molecule is COc1ccc(N2CCN(Cc3nc(-c4ccc(C(F)(F)F)cc4)sc3CSc3ccc(OOC(C)=O)c(C)c3)CC2)cc1. The first-order valence-electron chi connectivity index (χ1n) is 13.9. The van der Waals surface area contributed by atoms with E-state index < -0.39 is 17.7 Å². The Morgan fingerprint density at radius 2 is 1.70 bits per heavy atom. The van der Waals surface area contributed by atoms with E-state index in [1.54, 1.807) is 24.9 Å². The maximum atomic E-state index is 13.2. The molecule has 0 amide bonds. The van der Waals surface area contributed by atoms with E-state index in [1.807, 2.05) is 31.2 Å². The summed E-state index contributed by atoms with van der Waals surface area (Å²) in [6.07, 6.45) is -4.39. The Kier molecular flexibility index (Phi) is 10.0. The topological polar surface area (TPSA) is 64.1 Å². The van der Waals surface area contributed by atoms with Gasteiger partial charge >= 0.3 is 12.1 Å². The summed E-state index contributed by atoms with van der Waals surface area (Å²) < 4.78 is 44.7. The van der Waals surface area contributed by atoms with Crippen LogP contribution in [-0.4, -0.2) is 49.1 Å². The summed E-state index contributed by atoms with van der Waals surface area (Å²) in [4.78, 5) is 32.5. The molecule has 44 heavy (non-hydrogen) atoms. The van der Waals surface area contributed by atoms with E-state index in [0.29, 0.717) is 28.6 Å². The molecule has 1 aliphatic heterocycles. The van der Waals surface area contributed by atoms with Crippen LogP contribution in [-0.2, 0) is 28.2 Å². The number of aromatic nitrogens is 1. The van der Waals surface area contributed by atoms with E-state index in [9.17, 15) is 18.0 Å². The van der Waals surface area contributed by atoms with Gasteiger partial charge in [0.05, 0.1) is 18.4 Å². The summed E-state index contributed by atoms with van der Waals surface area (Å²) in [7, 11) is 1.65. The van der Waals surface area contributed by atoms with Crippen LogP contribution in [0.5, 0.6) is 11.5 Å². The van der Waals surface area contributed by atoms with Crippen molar-refractivity contribution in [3.05, 3.63) is 88.4 Å². The van der Waals surface area contributed by atoms with Crippen LogP contribution in [0.15, 0.2) is 71.6 Å². The van der Waals surface area contributed by atoms with Crippen molar-refractivity contribution in [2.45, 2.75) is 37.2 Å². The van der Waals surface area contributed by atoms with Gasteiger partial charge < -0.3 is 9.64 Å². The van der Waals surface area contributed by atoms with Crippen LogP contribution in [0.3, 0.4) is 0 Å². The number of alkyl halides is 3. The van der Waals surface area contributed by atoms with Crippen LogP contribution in [0.1, 0.15) is 28.6 Å². The zero-order chi connectivity index (χ0) is 31.3. The number of aryl methyl sites for hydroxylation is 1. The Balaban J connectivity index is 1.31. The summed E-state index contributed by atoms with van der Waals surface area (Å²) in [5.41, 5.74) is 2.89. The number of methoxy groups -OCH3 is 1. The molecular weight excluding hydrogens is 611 g/mol. The van der Waals surface area contributed by atoms with E-state index >= 15 is 0 Å². The van der Waals surface area contributed by atoms with Crippen molar-refractivity contribution < 1.29 is 32.5 Å². The molecule has 232 valence electrons. The summed E-state index contributed by atoms with van der Waals surface area (Å²) in [6, 6.07) is 18.8. The number of ether oxygens (including phenoxy) is 1.